The van der Waals surface area contributed by atoms with E-state index < -0.39 is 0 Å². The van der Waals surface area contributed by atoms with Gasteiger partial charge in [0.15, 0.2) is 5.16 Å². The Hall–Kier alpha value is -1.72. The summed E-state index contributed by atoms with van der Waals surface area (Å²) in [5.41, 5.74) is 4.46. The molecule has 0 amide bonds. The van der Waals surface area contributed by atoms with Crippen molar-refractivity contribution in [2.24, 2.45) is 0 Å². The second-order valence-corrected chi connectivity index (χ2v) is 6.75. The molecule has 104 valence electrons. The number of hydrogen-bond donors (Lipinski definition) is 2. The van der Waals surface area contributed by atoms with Crippen LogP contribution in [0.15, 0.2) is 58.2 Å². The second-order valence-electron chi connectivity index (χ2n) is 4.87. The van der Waals surface area contributed by atoms with Gasteiger partial charge in [-0.25, -0.2) is 4.98 Å². The molecule has 0 unspecified atom stereocenters. The van der Waals surface area contributed by atoms with Gasteiger partial charge in [0, 0.05) is 21.4 Å². The second kappa shape index (κ2) is 5.24. The molecule has 0 aliphatic rings. The van der Waals surface area contributed by atoms with Crippen molar-refractivity contribution >= 4 is 49.6 Å². The van der Waals surface area contributed by atoms with Crippen LogP contribution in [0.25, 0.3) is 21.9 Å². The standard InChI is InChI=1S/C16H12BrN3S/c17-11-6-5-10-7-12(18-15(10)8-11)9-21-16-19-13-3-1-2-4-14(13)20-16/h1-8,18H,9H2,(H,19,20). The first-order valence-corrected chi connectivity index (χ1v) is 8.40. The van der Waals surface area contributed by atoms with Crippen LogP contribution in [0.4, 0.5) is 0 Å². The topological polar surface area (TPSA) is 44.5 Å². The summed E-state index contributed by atoms with van der Waals surface area (Å²) < 4.78 is 1.09. The number of rotatable bonds is 3. The molecular weight excluding hydrogens is 346 g/mol. The van der Waals surface area contributed by atoms with Crippen molar-refractivity contribution in [1.82, 2.24) is 15.0 Å². The van der Waals surface area contributed by atoms with E-state index in [4.69, 9.17) is 0 Å². The van der Waals surface area contributed by atoms with E-state index in [1.165, 1.54) is 11.1 Å². The van der Waals surface area contributed by atoms with Crippen molar-refractivity contribution < 1.29 is 0 Å². The smallest absolute Gasteiger partial charge is 0.166 e. The largest absolute Gasteiger partial charge is 0.358 e. The molecule has 2 aromatic heterocycles. The predicted molar refractivity (Wildman–Crippen MR) is 91.7 cm³/mol. The van der Waals surface area contributed by atoms with Gasteiger partial charge in [-0.1, -0.05) is 45.9 Å². The van der Waals surface area contributed by atoms with Gasteiger partial charge in [-0.15, -0.1) is 0 Å². The molecular formula is C16H12BrN3S. The van der Waals surface area contributed by atoms with Gasteiger partial charge in [-0.05, 0) is 35.7 Å². The van der Waals surface area contributed by atoms with Crippen LogP contribution in [0.5, 0.6) is 0 Å². The maximum Gasteiger partial charge on any atom is 0.166 e. The third-order valence-electron chi connectivity index (χ3n) is 3.37. The average molecular weight is 358 g/mol. The Morgan fingerprint density at radius 3 is 2.81 bits per heavy atom. The number of H-pyrrole nitrogens is 2. The van der Waals surface area contributed by atoms with Crippen LogP contribution in [0.2, 0.25) is 0 Å². The van der Waals surface area contributed by atoms with Gasteiger partial charge in [-0.3, -0.25) is 0 Å². The summed E-state index contributed by atoms with van der Waals surface area (Å²) >= 11 is 5.21. The molecule has 3 nitrogen and oxygen atoms in total. The van der Waals surface area contributed by atoms with Crippen LogP contribution in [-0.4, -0.2) is 15.0 Å². The Bertz CT molecular complexity index is 892. The molecule has 5 heteroatoms. The molecule has 0 aliphatic carbocycles. The molecule has 4 aromatic rings. The average Bonchev–Trinajstić information content (AvgIpc) is 3.07. The quantitative estimate of drug-likeness (QED) is 0.501. The molecule has 0 bridgehead atoms. The number of halogens is 1. The Kier molecular flexibility index (Phi) is 3.24. The molecule has 2 aromatic carbocycles. The monoisotopic (exact) mass is 357 g/mol. The van der Waals surface area contributed by atoms with Crippen molar-refractivity contribution in [3.63, 3.8) is 0 Å². The van der Waals surface area contributed by atoms with Crippen molar-refractivity contribution in [2.45, 2.75) is 10.9 Å². The highest BCUT2D eigenvalue weighted by molar-refractivity contribution is 9.10. The molecule has 2 N–H and O–H groups in total. The van der Waals surface area contributed by atoms with E-state index >= 15 is 0 Å². The number of nitrogens with one attached hydrogen (secondary N) is 2. The lowest BCUT2D eigenvalue weighted by atomic mass is 10.2. The van der Waals surface area contributed by atoms with Gasteiger partial charge in [0.1, 0.15) is 0 Å². The maximum absolute atomic E-state index is 4.58. The molecule has 0 fully saturated rings. The van der Waals surface area contributed by atoms with Crippen molar-refractivity contribution in [2.75, 3.05) is 0 Å². The fourth-order valence-corrected chi connectivity index (χ4v) is 3.53. The minimum Gasteiger partial charge on any atom is -0.358 e. The molecule has 21 heavy (non-hydrogen) atoms. The number of imidazole rings is 1. The van der Waals surface area contributed by atoms with E-state index in [2.05, 4.69) is 55.1 Å². The number of hydrogen-bond acceptors (Lipinski definition) is 2. The number of thioether (sulfide) groups is 1. The predicted octanol–water partition coefficient (Wildman–Crippen LogP) is 5.10. The summed E-state index contributed by atoms with van der Waals surface area (Å²) in [4.78, 5) is 11.4. The van der Waals surface area contributed by atoms with Gasteiger partial charge in [-0.2, -0.15) is 0 Å². The molecule has 0 spiro atoms. The zero-order valence-electron chi connectivity index (χ0n) is 11.1. The SMILES string of the molecule is Brc1ccc2cc(CSc3nc4ccccc4[nH]3)[nH]c2c1. The highest BCUT2D eigenvalue weighted by Crippen LogP contribution is 2.26. The summed E-state index contributed by atoms with van der Waals surface area (Å²) in [5, 5.41) is 2.19. The van der Waals surface area contributed by atoms with Gasteiger partial charge >= 0.3 is 0 Å². The third kappa shape index (κ3) is 2.59. The summed E-state index contributed by atoms with van der Waals surface area (Å²) in [6.07, 6.45) is 0. The van der Waals surface area contributed by atoms with Gasteiger partial charge in [0.25, 0.3) is 0 Å². The normalized spacial score (nSPS) is 11.5. The highest BCUT2D eigenvalue weighted by Gasteiger charge is 2.05. The number of aromatic nitrogens is 3. The number of fused-ring (bicyclic) bond motifs is 2. The minimum atomic E-state index is 0.867. The first-order valence-electron chi connectivity index (χ1n) is 6.63. The van der Waals surface area contributed by atoms with Crippen LogP contribution in [-0.2, 0) is 5.75 Å². The fraction of sp³-hybridized carbons (Fsp3) is 0.0625. The Morgan fingerprint density at radius 2 is 1.90 bits per heavy atom. The Labute approximate surface area is 134 Å². The molecule has 0 aliphatic heterocycles. The van der Waals surface area contributed by atoms with Gasteiger partial charge in [0.05, 0.1) is 11.0 Å². The van der Waals surface area contributed by atoms with E-state index in [1.807, 2.05) is 24.3 Å². The zero-order chi connectivity index (χ0) is 14.2. The summed E-state index contributed by atoms with van der Waals surface area (Å²) in [5.74, 6) is 0.867. The zero-order valence-corrected chi connectivity index (χ0v) is 13.5. The lowest BCUT2D eigenvalue weighted by Crippen LogP contribution is -1.81. The van der Waals surface area contributed by atoms with Crippen LogP contribution < -0.4 is 0 Å². The molecule has 0 radical (unpaired) electrons. The molecule has 4 rings (SSSR count). The highest BCUT2D eigenvalue weighted by atomic mass is 79.9. The molecule has 2 heterocycles. The first-order chi connectivity index (χ1) is 10.3. The third-order valence-corrected chi connectivity index (χ3v) is 4.79. The number of para-hydroxylation sites is 2. The fourth-order valence-electron chi connectivity index (χ4n) is 2.38. The molecule has 0 saturated carbocycles. The van der Waals surface area contributed by atoms with E-state index in [-0.39, 0.29) is 0 Å². The van der Waals surface area contributed by atoms with Crippen LogP contribution in [0.1, 0.15) is 5.69 Å². The van der Waals surface area contributed by atoms with E-state index in [0.29, 0.717) is 0 Å². The van der Waals surface area contributed by atoms with Crippen LogP contribution in [0.3, 0.4) is 0 Å². The van der Waals surface area contributed by atoms with E-state index in [0.717, 1.165) is 31.9 Å². The summed E-state index contributed by atoms with van der Waals surface area (Å²) in [6, 6.07) is 16.6. The maximum atomic E-state index is 4.58. The number of nitrogens with zero attached hydrogens (tertiary/aromatic N) is 1. The van der Waals surface area contributed by atoms with Crippen molar-refractivity contribution in [1.29, 1.82) is 0 Å². The number of benzene rings is 2. The first kappa shape index (κ1) is 13.0. The molecule has 0 atom stereocenters. The molecule has 0 saturated heterocycles. The summed E-state index contributed by atoms with van der Waals surface area (Å²) in [6.45, 7) is 0. The van der Waals surface area contributed by atoms with Crippen LogP contribution >= 0.6 is 27.7 Å². The summed E-state index contributed by atoms with van der Waals surface area (Å²) in [7, 11) is 0. The lowest BCUT2D eigenvalue weighted by molar-refractivity contribution is 1.07. The van der Waals surface area contributed by atoms with Crippen molar-refractivity contribution in [3.8, 4) is 0 Å². The van der Waals surface area contributed by atoms with Gasteiger partial charge < -0.3 is 9.97 Å². The van der Waals surface area contributed by atoms with E-state index in [9.17, 15) is 0 Å². The Morgan fingerprint density at radius 1 is 1.00 bits per heavy atom. The minimum absolute atomic E-state index is 0.867. The number of aromatic amines is 2. The van der Waals surface area contributed by atoms with Crippen molar-refractivity contribution in [3.05, 3.63) is 58.7 Å². The van der Waals surface area contributed by atoms with Crippen LogP contribution in [0, 0.1) is 0 Å². The Balaban J connectivity index is 1.57. The van der Waals surface area contributed by atoms with Gasteiger partial charge in [0.2, 0.25) is 0 Å². The van der Waals surface area contributed by atoms with E-state index in [1.54, 1.807) is 11.8 Å². The lowest BCUT2D eigenvalue weighted by Gasteiger charge is -1.94.